The standard InChI is InChI=1S/C17H26N2O/c1-14(20)18-10-13-19-11-8-17(9-12-19)7-6-15-4-2-3-5-16(15)17/h3,5H,2,4,6-13H2,1H3,(H,18,20). The highest BCUT2D eigenvalue weighted by Gasteiger charge is 2.41. The van der Waals surface area contributed by atoms with Gasteiger partial charge in [0.15, 0.2) is 0 Å². The predicted octanol–water partition coefficient (Wildman–Crippen LogP) is 2.65. The average molecular weight is 274 g/mol. The van der Waals surface area contributed by atoms with Gasteiger partial charge in [-0.05, 0) is 62.6 Å². The molecule has 0 bridgehead atoms. The summed E-state index contributed by atoms with van der Waals surface area (Å²) in [4.78, 5) is 13.4. The number of nitrogens with one attached hydrogen (secondary N) is 1. The molecule has 0 atom stereocenters. The fraction of sp³-hybridized carbons (Fsp3) is 0.706. The van der Waals surface area contributed by atoms with E-state index in [1.807, 2.05) is 0 Å². The molecule has 1 N–H and O–H groups in total. The molecule has 3 aliphatic rings. The van der Waals surface area contributed by atoms with Crippen LogP contribution in [0.1, 0.15) is 45.4 Å². The SMILES string of the molecule is CC(=O)NCCN1CCC2(CCC3=C2C=CCC3)CC1. The quantitative estimate of drug-likeness (QED) is 0.858. The Morgan fingerprint density at radius 3 is 2.85 bits per heavy atom. The van der Waals surface area contributed by atoms with Gasteiger partial charge in [-0.1, -0.05) is 17.7 Å². The number of allylic oxidation sites excluding steroid dienone is 4. The molecule has 0 unspecified atom stereocenters. The van der Waals surface area contributed by atoms with Gasteiger partial charge in [0, 0.05) is 20.0 Å². The summed E-state index contributed by atoms with van der Waals surface area (Å²) in [5, 5.41) is 2.90. The van der Waals surface area contributed by atoms with Gasteiger partial charge in [-0.25, -0.2) is 0 Å². The van der Waals surface area contributed by atoms with Crippen LogP contribution in [0.3, 0.4) is 0 Å². The molecule has 1 amide bonds. The third kappa shape index (κ3) is 2.69. The third-order valence-electron chi connectivity index (χ3n) is 5.37. The zero-order chi connectivity index (χ0) is 14.0. The maximum Gasteiger partial charge on any atom is 0.216 e. The molecule has 20 heavy (non-hydrogen) atoms. The molecular formula is C17H26N2O. The molecule has 1 fully saturated rings. The lowest BCUT2D eigenvalue weighted by atomic mass is 9.72. The summed E-state index contributed by atoms with van der Waals surface area (Å²) in [5.74, 6) is 0.0800. The van der Waals surface area contributed by atoms with Gasteiger partial charge in [0.2, 0.25) is 5.91 Å². The van der Waals surface area contributed by atoms with Gasteiger partial charge in [0.25, 0.3) is 0 Å². The molecule has 0 radical (unpaired) electrons. The summed E-state index contributed by atoms with van der Waals surface area (Å²) in [6, 6.07) is 0. The van der Waals surface area contributed by atoms with Crippen LogP contribution in [0.4, 0.5) is 0 Å². The Labute approximate surface area is 122 Å². The number of hydrogen-bond acceptors (Lipinski definition) is 2. The van der Waals surface area contributed by atoms with Crippen LogP contribution in [0.5, 0.6) is 0 Å². The number of nitrogens with zero attached hydrogens (tertiary/aromatic N) is 1. The van der Waals surface area contributed by atoms with Gasteiger partial charge in [-0.3, -0.25) is 4.79 Å². The highest BCUT2D eigenvalue weighted by Crippen LogP contribution is 2.52. The van der Waals surface area contributed by atoms with Crippen LogP contribution < -0.4 is 5.32 Å². The van der Waals surface area contributed by atoms with E-state index in [1.54, 1.807) is 18.1 Å². The highest BCUT2D eigenvalue weighted by atomic mass is 16.1. The van der Waals surface area contributed by atoms with Crippen LogP contribution >= 0.6 is 0 Å². The van der Waals surface area contributed by atoms with Crippen LogP contribution in [0.2, 0.25) is 0 Å². The van der Waals surface area contributed by atoms with Crippen molar-refractivity contribution in [2.45, 2.75) is 45.4 Å². The van der Waals surface area contributed by atoms with Gasteiger partial charge in [0.05, 0.1) is 0 Å². The topological polar surface area (TPSA) is 32.3 Å². The maximum atomic E-state index is 10.9. The van der Waals surface area contributed by atoms with Crippen molar-refractivity contribution in [2.75, 3.05) is 26.2 Å². The van der Waals surface area contributed by atoms with Crippen molar-refractivity contribution in [3.63, 3.8) is 0 Å². The molecule has 1 heterocycles. The zero-order valence-electron chi connectivity index (χ0n) is 12.6. The number of fused-ring (bicyclic) bond motifs is 1. The van der Waals surface area contributed by atoms with E-state index in [9.17, 15) is 4.79 Å². The number of piperidine rings is 1. The summed E-state index contributed by atoms with van der Waals surface area (Å²) in [6.07, 6.45) is 12.7. The minimum absolute atomic E-state index is 0.0800. The minimum atomic E-state index is 0.0800. The summed E-state index contributed by atoms with van der Waals surface area (Å²) in [5.41, 5.74) is 3.95. The predicted molar refractivity (Wildman–Crippen MR) is 81.4 cm³/mol. The molecule has 0 aromatic heterocycles. The van der Waals surface area contributed by atoms with E-state index >= 15 is 0 Å². The Morgan fingerprint density at radius 2 is 2.10 bits per heavy atom. The molecular weight excluding hydrogens is 248 g/mol. The van der Waals surface area contributed by atoms with Crippen molar-refractivity contribution in [2.24, 2.45) is 5.41 Å². The van der Waals surface area contributed by atoms with Gasteiger partial charge in [-0.2, -0.15) is 0 Å². The van der Waals surface area contributed by atoms with Gasteiger partial charge < -0.3 is 10.2 Å². The van der Waals surface area contributed by atoms with Crippen LogP contribution in [-0.2, 0) is 4.79 Å². The van der Waals surface area contributed by atoms with E-state index in [2.05, 4.69) is 22.4 Å². The van der Waals surface area contributed by atoms with E-state index in [4.69, 9.17) is 0 Å². The fourth-order valence-corrected chi connectivity index (χ4v) is 4.16. The van der Waals surface area contributed by atoms with E-state index in [0.29, 0.717) is 5.41 Å². The molecule has 2 aliphatic carbocycles. The normalized spacial score (nSPS) is 25.1. The van der Waals surface area contributed by atoms with Crippen LogP contribution in [0, 0.1) is 5.41 Å². The van der Waals surface area contributed by atoms with E-state index in [-0.39, 0.29) is 5.91 Å². The van der Waals surface area contributed by atoms with Crippen LogP contribution in [0.25, 0.3) is 0 Å². The number of carbonyl (C=O) groups is 1. The molecule has 0 aromatic rings. The molecule has 1 saturated heterocycles. The Balaban J connectivity index is 1.55. The van der Waals surface area contributed by atoms with Gasteiger partial charge in [-0.15, -0.1) is 0 Å². The Morgan fingerprint density at radius 1 is 1.30 bits per heavy atom. The lowest BCUT2D eigenvalue weighted by molar-refractivity contribution is -0.119. The van der Waals surface area contributed by atoms with Crippen molar-refractivity contribution >= 4 is 5.91 Å². The molecule has 0 aromatic carbocycles. The molecule has 1 spiro atoms. The lowest BCUT2D eigenvalue weighted by Crippen LogP contribution is -2.43. The molecule has 3 rings (SSSR count). The first-order chi connectivity index (χ1) is 9.70. The summed E-state index contributed by atoms with van der Waals surface area (Å²) in [6.45, 7) is 5.75. The first kappa shape index (κ1) is 13.9. The summed E-state index contributed by atoms with van der Waals surface area (Å²) < 4.78 is 0. The molecule has 0 saturated carbocycles. The van der Waals surface area contributed by atoms with Crippen LogP contribution in [-0.4, -0.2) is 37.0 Å². The molecule has 3 nitrogen and oxygen atoms in total. The Hall–Kier alpha value is -1.09. The number of amides is 1. The molecule has 1 aliphatic heterocycles. The van der Waals surface area contributed by atoms with E-state index < -0.39 is 0 Å². The number of carbonyl (C=O) groups excluding carboxylic acids is 1. The fourth-order valence-electron chi connectivity index (χ4n) is 4.16. The second-order valence-electron chi connectivity index (χ2n) is 6.56. The van der Waals surface area contributed by atoms with Crippen molar-refractivity contribution in [3.05, 3.63) is 23.3 Å². The van der Waals surface area contributed by atoms with Crippen molar-refractivity contribution in [3.8, 4) is 0 Å². The molecule has 110 valence electrons. The number of likely N-dealkylation sites (tertiary alicyclic amines) is 1. The van der Waals surface area contributed by atoms with Crippen molar-refractivity contribution < 1.29 is 4.79 Å². The second kappa shape index (κ2) is 5.72. The zero-order valence-corrected chi connectivity index (χ0v) is 12.6. The smallest absolute Gasteiger partial charge is 0.216 e. The molecule has 3 heteroatoms. The van der Waals surface area contributed by atoms with Gasteiger partial charge in [0.1, 0.15) is 0 Å². The van der Waals surface area contributed by atoms with E-state index in [1.165, 1.54) is 51.6 Å². The Bertz CT molecular complexity index is 442. The number of rotatable bonds is 3. The largest absolute Gasteiger partial charge is 0.355 e. The monoisotopic (exact) mass is 274 g/mol. The van der Waals surface area contributed by atoms with Crippen LogP contribution in [0.15, 0.2) is 23.3 Å². The first-order valence-electron chi connectivity index (χ1n) is 8.05. The first-order valence-corrected chi connectivity index (χ1v) is 8.05. The highest BCUT2D eigenvalue weighted by molar-refractivity contribution is 5.72. The third-order valence-corrected chi connectivity index (χ3v) is 5.37. The van der Waals surface area contributed by atoms with Crippen molar-refractivity contribution in [1.29, 1.82) is 0 Å². The van der Waals surface area contributed by atoms with Gasteiger partial charge >= 0.3 is 0 Å². The Kier molecular flexibility index (Phi) is 3.97. The number of hydrogen-bond donors (Lipinski definition) is 1. The summed E-state index contributed by atoms with van der Waals surface area (Å²) in [7, 11) is 0. The van der Waals surface area contributed by atoms with Crippen molar-refractivity contribution in [1.82, 2.24) is 10.2 Å². The minimum Gasteiger partial charge on any atom is -0.355 e. The lowest BCUT2D eigenvalue weighted by Gasteiger charge is -2.41. The average Bonchev–Trinajstić information content (AvgIpc) is 2.81. The van der Waals surface area contributed by atoms with E-state index in [0.717, 1.165) is 13.1 Å². The maximum absolute atomic E-state index is 10.9. The summed E-state index contributed by atoms with van der Waals surface area (Å²) >= 11 is 0. The second-order valence-corrected chi connectivity index (χ2v) is 6.56.